The van der Waals surface area contributed by atoms with E-state index in [0.717, 1.165) is 31.7 Å². The number of esters is 1. The van der Waals surface area contributed by atoms with Gasteiger partial charge in [0.15, 0.2) is 0 Å². The highest BCUT2D eigenvalue weighted by Crippen LogP contribution is 2.16. The quantitative estimate of drug-likeness (QED) is 0.844. The zero-order chi connectivity index (χ0) is 13.5. The lowest BCUT2D eigenvalue weighted by Gasteiger charge is -2.21. The van der Waals surface area contributed by atoms with E-state index in [2.05, 4.69) is 5.32 Å². The summed E-state index contributed by atoms with van der Waals surface area (Å²) in [6.07, 6.45) is 1.93. The predicted molar refractivity (Wildman–Crippen MR) is 74.4 cm³/mol. The van der Waals surface area contributed by atoms with Gasteiger partial charge < -0.3 is 14.8 Å². The molecule has 0 amide bonds. The van der Waals surface area contributed by atoms with Crippen LogP contribution in [0.25, 0.3) is 0 Å². The van der Waals surface area contributed by atoms with Gasteiger partial charge in [0.05, 0.1) is 6.61 Å². The third-order valence-electron chi connectivity index (χ3n) is 3.08. The van der Waals surface area contributed by atoms with Crippen LogP contribution in [0.5, 0.6) is 0 Å². The fourth-order valence-corrected chi connectivity index (χ4v) is 2.14. The van der Waals surface area contributed by atoms with Crippen molar-refractivity contribution in [2.45, 2.75) is 12.8 Å². The summed E-state index contributed by atoms with van der Waals surface area (Å²) in [6.45, 7) is 2.18. The molecule has 0 aromatic heterocycles. The Morgan fingerprint density at radius 1 is 1.42 bits per heavy atom. The minimum atomic E-state index is -0.244. The Bertz CT molecular complexity index is 419. The van der Waals surface area contributed by atoms with Gasteiger partial charge in [-0.2, -0.15) is 0 Å². The van der Waals surface area contributed by atoms with Crippen molar-refractivity contribution in [2.75, 3.05) is 31.7 Å². The van der Waals surface area contributed by atoms with Gasteiger partial charge in [0.25, 0.3) is 0 Å². The molecule has 1 aliphatic heterocycles. The second-order valence-electron chi connectivity index (χ2n) is 4.60. The maximum atomic E-state index is 11.6. The van der Waals surface area contributed by atoms with Crippen molar-refractivity contribution in [3.63, 3.8) is 0 Å². The van der Waals surface area contributed by atoms with Crippen LogP contribution in [0.1, 0.15) is 12.8 Å². The van der Waals surface area contributed by atoms with Gasteiger partial charge in [-0.25, -0.2) is 0 Å². The third-order valence-corrected chi connectivity index (χ3v) is 3.32. The molecule has 0 radical (unpaired) electrons. The Kier molecular flexibility index (Phi) is 5.48. The normalized spacial score (nSPS) is 16.1. The summed E-state index contributed by atoms with van der Waals surface area (Å²) in [6, 6.07) is 7.25. The maximum absolute atomic E-state index is 11.6. The Morgan fingerprint density at radius 3 is 2.95 bits per heavy atom. The molecule has 4 nitrogen and oxygen atoms in total. The molecule has 1 saturated heterocycles. The summed E-state index contributed by atoms with van der Waals surface area (Å²) in [7, 11) is 0. The van der Waals surface area contributed by atoms with E-state index in [-0.39, 0.29) is 12.5 Å². The lowest BCUT2D eigenvalue weighted by Crippen LogP contribution is -2.24. The number of ether oxygens (including phenoxy) is 2. The number of halogens is 1. The van der Waals surface area contributed by atoms with E-state index in [1.54, 1.807) is 12.1 Å². The number of benzene rings is 1. The average molecular weight is 284 g/mol. The number of rotatable bonds is 5. The Hall–Kier alpha value is -1.26. The zero-order valence-electron chi connectivity index (χ0n) is 10.7. The standard InChI is InChI=1S/C14H18ClNO3/c15-12-2-1-3-13(8-12)16-9-14(17)19-10-11-4-6-18-7-5-11/h1-3,8,11,16H,4-7,9-10H2. The highest BCUT2D eigenvalue weighted by molar-refractivity contribution is 6.30. The van der Waals surface area contributed by atoms with Crippen molar-refractivity contribution in [3.8, 4) is 0 Å². The Labute approximate surface area is 118 Å². The number of carbonyl (C=O) groups is 1. The van der Waals surface area contributed by atoms with Crippen molar-refractivity contribution >= 4 is 23.3 Å². The van der Waals surface area contributed by atoms with Crippen molar-refractivity contribution in [2.24, 2.45) is 5.92 Å². The van der Waals surface area contributed by atoms with Crippen LogP contribution in [0.3, 0.4) is 0 Å². The van der Waals surface area contributed by atoms with Crippen molar-refractivity contribution in [1.29, 1.82) is 0 Å². The molecule has 0 saturated carbocycles. The predicted octanol–water partition coefficient (Wildman–Crippen LogP) is 2.72. The lowest BCUT2D eigenvalue weighted by molar-refractivity contribution is -0.143. The van der Waals surface area contributed by atoms with Gasteiger partial charge in [-0.15, -0.1) is 0 Å². The van der Waals surface area contributed by atoms with Crippen LogP contribution >= 0.6 is 11.6 Å². The van der Waals surface area contributed by atoms with E-state index < -0.39 is 0 Å². The molecule has 5 heteroatoms. The van der Waals surface area contributed by atoms with Crippen LogP contribution in [0.2, 0.25) is 5.02 Å². The molecular formula is C14H18ClNO3. The van der Waals surface area contributed by atoms with Gasteiger partial charge in [-0.3, -0.25) is 4.79 Å². The van der Waals surface area contributed by atoms with Crippen LogP contribution in [-0.4, -0.2) is 32.3 Å². The van der Waals surface area contributed by atoms with Crippen LogP contribution < -0.4 is 5.32 Å². The van der Waals surface area contributed by atoms with Gasteiger partial charge in [0.1, 0.15) is 6.54 Å². The zero-order valence-corrected chi connectivity index (χ0v) is 11.5. The van der Waals surface area contributed by atoms with E-state index in [4.69, 9.17) is 21.1 Å². The van der Waals surface area contributed by atoms with Crippen molar-refractivity contribution in [1.82, 2.24) is 0 Å². The number of hydrogen-bond acceptors (Lipinski definition) is 4. The van der Waals surface area contributed by atoms with E-state index in [1.807, 2.05) is 12.1 Å². The van der Waals surface area contributed by atoms with Crippen LogP contribution in [-0.2, 0) is 14.3 Å². The lowest BCUT2D eigenvalue weighted by atomic mass is 10.0. The van der Waals surface area contributed by atoms with Gasteiger partial charge in [0, 0.05) is 23.9 Å². The average Bonchev–Trinajstić information content (AvgIpc) is 2.44. The molecule has 0 atom stereocenters. The maximum Gasteiger partial charge on any atom is 0.325 e. The number of nitrogens with one attached hydrogen (secondary N) is 1. The second-order valence-corrected chi connectivity index (χ2v) is 5.04. The number of hydrogen-bond donors (Lipinski definition) is 1. The topological polar surface area (TPSA) is 47.6 Å². The van der Waals surface area contributed by atoms with Crippen molar-refractivity contribution in [3.05, 3.63) is 29.3 Å². The highest BCUT2D eigenvalue weighted by Gasteiger charge is 2.15. The summed E-state index contributed by atoms with van der Waals surface area (Å²) in [4.78, 5) is 11.6. The number of carbonyl (C=O) groups excluding carboxylic acids is 1. The minimum absolute atomic E-state index is 0.156. The molecule has 1 aromatic rings. The molecule has 1 aliphatic rings. The van der Waals surface area contributed by atoms with Crippen LogP contribution in [0.4, 0.5) is 5.69 Å². The molecule has 1 heterocycles. The molecule has 0 bridgehead atoms. The van der Waals surface area contributed by atoms with E-state index in [1.165, 1.54) is 0 Å². The fourth-order valence-electron chi connectivity index (χ4n) is 1.95. The molecular weight excluding hydrogens is 266 g/mol. The molecule has 1 aromatic carbocycles. The Morgan fingerprint density at radius 2 is 2.21 bits per heavy atom. The molecule has 19 heavy (non-hydrogen) atoms. The first-order valence-corrected chi connectivity index (χ1v) is 6.84. The summed E-state index contributed by atoms with van der Waals surface area (Å²) in [5.41, 5.74) is 0.815. The second kappa shape index (κ2) is 7.36. The van der Waals surface area contributed by atoms with Gasteiger partial charge in [-0.1, -0.05) is 17.7 Å². The van der Waals surface area contributed by atoms with Crippen LogP contribution in [0, 0.1) is 5.92 Å². The molecule has 104 valence electrons. The smallest absolute Gasteiger partial charge is 0.325 e. The molecule has 0 unspecified atom stereocenters. The fraction of sp³-hybridized carbons (Fsp3) is 0.500. The minimum Gasteiger partial charge on any atom is -0.464 e. The molecule has 2 rings (SSSR count). The van der Waals surface area contributed by atoms with Crippen molar-refractivity contribution < 1.29 is 14.3 Å². The van der Waals surface area contributed by atoms with E-state index >= 15 is 0 Å². The summed E-state index contributed by atoms with van der Waals surface area (Å²) in [5.74, 6) is 0.190. The highest BCUT2D eigenvalue weighted by atomic mass is 35.5. The SMILES string of the molecule is O=C(CNc1cccc(Cl)c1)OCC1CCOCC1. The summed E-state index contributed by atoms with van der Waals surface area (Å²) in [5, 5.41) is 3.63. The Balaban J connectivity index is 1.66. The van der Waals surface area contributed by atoms with Gasteiger partial charge in [-0.05, 0) is 37.0 Å². The first-order valence-electron chi connectivity index (χ1n) is 6.47. The largest absolute Gasteiger partial charge is 0.464 e. The van der Waals surface area contributed by atoms with Gasteiger partial charge >= 0.3 is 5.97 Å². The molecule has 1 fully saturated rings. The summed E-state index contributed by atoms with van der Waals surface area (Å²) < 4.78 is 10.5. The number of anilines is 1. The monoisotopic (exact) mass is 283 g/mol. The van der Waals surface area contributed by atoms with E-state index in [0.29, 0.717) is 17.5 Å². The van der Waals surface area contributed by atoms with Gasteiger partial charge in [0.2, 0.25) is 0 Å². The molecule has 0 aliphatic carbocycles. The van der Waals surface area contributed by atoms with Crippen LogP contribution in [0.15, 0.2) is 24.3 Å². The first-order chi connectivity index (χ1) is 9.24. The molecule has 0 spiro atoms. The third kappa shape index (κ3) is 5.09. The molecule has 1 N–H and O–H groups in total. The van der Waals surface area contributed by atoms with E-state index in [9.17, 15) is 4.79 Å². The first kappa shape index (κ1) is 14.2. The summed E-state index contributed by atoms with van der Waals surface area (Å²) >= 11 is 5.85.